The number of pyridine rings is 1. The van der Waals surface area contributed by atoms with Gasteiger partial charge in [0.15, 0.2) is 0 Å². The van der Waals surface area contributed by atoms with Crippen molar-refractivity contribution in [2.75, 3.05) is 0 Å². The van der Waals surface area contributed by atoms with Crippen molar-refractivity contribution in [1.29, 1.82) is 0 Å². The first-order valence-electron chi connectivity index (χ1n) is 7.66. The predicted molar refractivity (Wildman–Crippen MR) is 102 cm³/mol. The van der Waals surface area contributed by atoms with Crippen molar-refractivity contribution >= 4 is 30.7 Å². The van der Waals surface area contributed by atoms with Gasteiger partial charge in [0.25, 0.3) is 0 Å². The Morgan fingerprint density at radius 2 is 1.96 bits per heavy atom. The minimum absolute atomic E-state index is 0.245. The summed E-state index contributed by atoms with van der Waals surface area (Å²) in [5.41, 5.74) is 4.78. The van der Waals surface area contributed by atoms with Gasteiger partial charge in [-0.25, -0.2) is 4.98 Å². The lowest BCUT2D eigenvalue weighted by molar-refractivity contribution is 0.466. The molecule has 0 spiro atoms. The topological polar surface area (TPSA) is 67.9 Å². The molecule has 5 nitrogen and oxygen atoms in total. The van der Waals surface area contributed by atoms with E-state index in [1.807, 2.05) is 0 Å². The van der Waals surface area contributed by atoms with Crippen LogP contribution >= 0.6 is 11.6 Å². The number of hydrogen-bond donors (Lipinski definition) is 1. The molecule has 126 valence electrons. The summed E-state index contributed by atoms with van der Waals surface area (Å²) in [5.74, 6) is 3.94. The third-order valence-corrected chi connectivity index (χ3v) is 4.41. The molecule has 2 aromatic heterocycles. The van der Waals surface area contributed by atoms with Gasteiger partial charge in [0.2, 0.25) is 11.4 Å². The largest absolute Gasteiger partial charge is 0.437 e. The zero-order chi connectivity index (χ0) is 18.0. The molecule has 1 aromatic carbocycles. The number of benzene rings is 1. The Balaban J connectivity index is 2.00. The number of nitrogens with one attached hydrogen (secondary N) is 1. The number of rotatable bonds is 2. The Bertz CT molecular complexity index is 1060. The van der Waals surface area contributed by atoms with E-state index in [1.54, 1.807) is 24.3 Å². The van der Waals surface area contributed by atoms with Crippen molar-refractivity contribution in [2.45, 2.75) is 19.6 Å². The summed E-state index contributed by atoms with van der Waals surface area (Å²) >= 11 is 6.23. The van der Waals surface area contributed by atoms with Crippen LogP contribution in [0.2, 0.25) is 24.7 Å². The quantitative estimate of drug-likeness (QED) is 0.547. The summed E-state index contributed by atoms with van der Waals surface area (Å²) in [6.07, 6.45) is 1.39. The van der Waals surface area contributed by atoms with Crippen LogP contribution in [-0.4, -0.2) is 23.0 Å². The van der Waals surface area contributed by atoms with E-state index in [1.165, 1.54) is 12.4 Å². The average molecular weight is 370 g/mol. The number of halogens is 1. The molecule has 2 heterocycles. The monoisotopic (exact) mass is 369 g/mol. The first kappa shape index (κ1) is 17.2. The molecule has 3 aromatic rings. The molecule has 0 unspecified atom stereocenters. The van der Waals surface area contributed by atoms with Crippen molar-refractivity contribution in [3.8, 4) is 23.1 Å². The van der Waals surface area contributed by atoms with E-state index < -0.39 is 8.07 Å². The van der Waals surface area contributed by atoms with E-state index >= 15 is 0 Å². The number of aromatic nitrogens is 3. The maximum atomic E-state index is 11.6. The summed E-state index contributed by atoms with van der Waals surface area (Å²) in [5, 5.41) is 0.569. The molecule has 1 N–H and O–H groups in total. The fourth-order valence-corrected chi connectivity index (χ4v) is 2.73. The van der Waals surface area contributed by atoms with Crippen LogP contribution in [-0.2, 0) is 0 Å². The highest BCUT2D eigenvalue weighted by atomic mass is 35.5. The second-order valence-corrected chi connectivity index (χ2v) is 11.7. The molecule has 0 atom stereocenters. The van der Waals surface area contributed by atoms with Crippen molar-refractivity contribution in [3.63, 3.8) is 0 Å². The molecule has 0 aliphatic carbocycles. The molecule has 0 bridgehead atoms. The van der Waals surface area contributed by atoms with Crippen LogP contribution in [0, 0.1) is 11.5 Å². The lowest BCUT2D eigenvalue weighted by atomic mass is 10.2. The van der Waals surface area contributed by atoms with Gasteiger partial charge < -0.3 is 9.72 Å². The van der Waals surface area contributed by atoms with Crippen LogP contribution in [0.25, 0.3) is 11.0 Å². The van der Waals surface area contributed by atoms with Gasteiger partial charge in [0, 0.05) is 11.6 Å². The van der Waals surface area contributed by atoms with Crippen molar-refractivity contribution in [3.05, 3.63) is 57.6 Å². The lowest BCUT2D eigenvalue weighted by Gasteiger charge is -2.08. The minimum Gasteiger partial charge on any atom is -0.437 e. The number of nitrogens with zero attached hydrogens (tertiary/aromatic N) is 2. The first-order valence-corrected chi connectivity index (χ1v) is 11.5. The standard InChI is InChI=1S/C18H16ClN3O2Si/c1-25(2,3)9-8-12-10-13(4-5-14(12)19)24-18-17-15(20-11-21-18)6-7-16(23)22-17/h4-7,10-11H,1-3H3,(H,22,23). The van der Waals surface area contributed by atoms with Gasteiger partial charge in [-0.2, -0.15) is 4.98 Å². The highest BCUT2D eigenvalue weighted by Gasteiger charge is 2.10. The molecule has 3 rings (SSSR count). The minimum atomic E-state index is -1.52. The van der Waals surface area contributed by atoms with Crippen LogP contribution in [0.5, 0.6) is 11.6 Å². The zero-order valence-electron chi connectivity index (χ0n) is 14.1. The van der Waals surface area contributed by atoms with Crippen molar-refractivity contribution in [2.24, 2.45) is 0 Å². The number of fused-ring (bicyclic) bond motifs is 1. The summed E-state index contributed by atoms with van der Waals surface area (Å²) in [6, 6.07) is 8.26. The van der Waals surface area contributed by atoms with Crippen LogP contribution in [0.1, 0.15) is 5.56 Å². The Hall–Kier alpha value is -2.62. The van der Waals surface area contributed by atoms with Gasteiger partial charge in [-0.1, -0.05) is 37.2 Å². The van der Waals surface area contributed by atoms with E-state index in [4.69, 9.17) is 16.3 Å². The van der Waals surface area contributed by atoms with Crippen molar-refractivity contribution < 1.29 is 4.74 Å². The normalized spacial score (nSPS) is 11.0. The first-order chi connectivity index (χ1) is 11.8. The summed E-state index contributed by atoms with van der Waals surface area (Å²) in [6.45, 7) is 6.49. The highest BCUT2D eigenvalue weighted by Crippen LogP contribution is 2.27. The maximum Gasteiger partial charge on any atom is 0.248 e. The van der Waals surface area contributed by atoms with Crippen molar-refractivity contribution in [1.82, 2.24) is 15.0 Å². The predicted octanol–water partition coefficient (Wildman–Crippen LogP) is 3.99. The van der Waals surface area contributed by atoms with Gasteiger partial charge in [-0.05, 0) is 24.3 Å². The summed E-state index contributed by atoms with van der Waals surface area (Å²) in [4.78, 5) is 22.5. The van der Waals surface area contributed by atoms with E-state index in [0.29, 0.717) is 27.4 Å². The number of hydrogen-bond acceptors (Lipinski definition) is 4. The van der Waals surface area contributed by atoms with Crippen LogP contribution in [0.4, 0.5) is 0 Å². The second-order valence-electron chi connectivity index (χ2n) is 6.51. The molecule has 0 radical (unpaired) electrons. The van der Waals surface area contributed by atoms with Crippen LogP contribution in [0.15, 0.2) is 41.5 Å². The van der Waals surface area contributed by atoms with Gasteiger partial charge >= 0.3 is 0 Å². The Morgan fingerprint density at radius 1 is 1.16 bits per heavy atom. The molecule has 7 heteroatoms. The van der Waals surface area contributed by atoms with E-state index in [9.17, 15) is 4.79 Å². The Morgan fingerprint density at radius 3 is 2.72 bits per heavy atom. The highest BCUT2D eigenvalue weighted by molar-refractivity contribution is 6.83. The fraction of sp³-hybridized carbons (Fsp3) is 0.167. The van der Waals surface area contributed by atoms with Gasteiger partial charge in [-0.3, -0.25) is 4.79 Å². The van der Waals surface area contributed by atoms with E-state index in [0.717, 1.165) is 0 Å². The summed E-state index contributed by atoms with van der Waals surface area (Å²) < 4.78 is 5.84. The number of ether oxygens (including phenoxy) is 1. The lowest BCUT2D eigenvalue weighted by Crippen LogP contribution is -2.16. The fourth-order valence-electron chi connectivity index (χ4n) is 2.05. The number of aromatic amines is 1. The second kappa shape index (κ2) is 6.71. The molecule has 0 aliphatic heterocycles. The number of H-pyrrole nitrogens is 1. The van der Waals surface area contributed by atoms with Gasteiger partial charge in [0.05, 0.1) is 10.5 Å². The molecular formula is C18H16ClN3O2Si. The molecule has 0 saturated heterocycles. The molecule has 0 saturated carbocycles. The average Bonchev–Trinajstić information content (AvgIpc) is 2.55. The Kier molecular flexibility index (Phi) is 4.62. The van der Waals surface area contributed by atoms with Crippen LogP contribution < -0.4 is 10.3 Å². The van der Waals surface area contributed by atoms with Gasteiger partial charge in [0.1, 0.15) is 25.7 Å². The maximum absolute atomic E-state index is 11.6. The third-order valence-electron chi connectivity index (χ3n) is 3.21. The van der Waals surface area contributed by atoms with Gasteiger partial charge in [-0.15, -0.1) is 5.54 Å². The SMILES string of the molecule is C[Si](C)(C)C#Cc1cc(Oc2ncnc3ccc(=O)[nH]c23)ccc1Cl. The van der Waals surface area contributed by atoms with Crippen LogP contribution in [0.3, 0.4) is 0 Å². The Labute approximate surface area is 151 Å². The van der Waals surface area contributed by atoms with E-state index in [-0.39, 0.29) is 11.4 Å². The molecule has 0 fully saturated rings. The third kappa shape index (κ3) is 4.27. The molecule has 0 aliphatic rings. The molecule has 0 amide bonds. The van der Waals surface area contributed by atoms with E-state index in [2.05, 4.69) is 46.1 Å². The smallest absolute Gasteiger partial charge is 0.248 e. The summed E-state index contributed by atoms with van der Waals surface area (Å²) in [7, 11) is -1.52. The zero-order valence-corrected chi connectivity index (χ0v) is 15.8. The molecular weight excluding hydrogens is 354 g/mol. The molecule has 25 heavy (non-hydrogen) atoms.